The largest absolute Gasteiger partial charge is 0.388 e. The van der Waals surface area contributed by atoms with E-state index in [4.69, 9.17) is 5.73 Å². The normalized spacial score (nSPS) is 12.1. The Hall–Kier alpha value is -2.80. The minimum Gasteiger partial charge on any atom is -0.388 e. The van der Waals surface area contributed by atoms with E-state index in [0.29, 0.717) is 5.56 Å². The highest BCUT2D eigenvalue weighted by atomic mass is 19.1. The Kier molecular flexibility index (Phi) is 5.02. The quantitative estimate of drug-likeness (QED) is 0.629. The molecule has 2 aromatic rings. The summed E-state index contributed by atoms with van der Waals surface area (Å²) in [7, 11) is 0. The number of amides is 1. The minimum atomic E-state index is -1.09. The van der Waals surface area contributed by atoms with Crippen LogP contribution in [0.15, 0.2) is 48.5 Å². The van der Waals surface area contributed by atoms with Gasteiger partial charge >= 0.3 is 0 Å². The van der Waals surface area contributed by atoms with Crippen LogP contribution in [0.5, 0.6) is 0 Å². The van der Waals surface area contributed by atoms with Crippen molar-refractivity contribution in [2.75, 3.05) is 0 Å². The van der Waals surface area contributed by atoms with Gasteiger partial charge in [0.25, 0.3) is 5.69 Å². The number of halogens is 1. The fraction of sp³-hybridized carbons (Fsp3) is 0.125. The number of aliphatic hydroxyl groups is 1. The number of rotatable bonds is 6. The minimum absolute atomic E-state index is 0.206. The Morgan fingerprint density at radius 1 is 1.26 bits per heavy atom. The Balaban J connectivity index is 2.34. The first-order valence-corrected chi connectivity index (χ1v) is 6.73. The maximum Gasteiger partial charge on any atom is 0.269 e. The summed E-state index contributed by atoms with van der Waals surface area (Å²) >= 11 is 0. The molecule has 1 atom stereocenters. The molecule has 3 N–H and O–H groups in total. The highest BCUT2D eigenvalue weighted by Gasteiger charge is 2.28. The van der Waals surface area contributed by atoms with Gasteiger partial charge in [0, 0.05) is 17.7 Å². The topological polar surface area (TPSA) is 106 Å². The number of carbonyl (C=O) groups excluding carboxylic acids is 1. The van der Waals surface area contributed by atoms with Gasteiger partial charge in [-0.15, -0.1) is 0 Å². The van der Waals surface area contributed by atoms with Crippen LogP contribution in [-0.2, 0) is 4.79 Å². The van der Waals surface area contributed by atoms with E-state index >= 15 is 0 Å². The molecule has 1 amide bonds. The predicted molar refractivity (Wildman–Crippen MR) is 80.6 cm³/mol. The molecule has 0 fully saturated rings. The Labute approximate surface area is 131 Å². The van der Waals surface area contributed by atoms with Crippen molar-refractivity contribution >= 4 is 11.6 Å². The summed E-state index contributed by atoms with van der Waals surface area (Å²) in [5.41, 5.74) is 5.15. The molecule has 1 radical (unpaired) electrons. The van der Waals surface area contributed by atoms with E-state index in [-0.39, 0.29) is 23.6 Å². The first-order chi connectivity index (χ1) is 10.9. The molecule has 23 heavy (non-hydrogen) atoms. The molecule has 0 saturated heterocycles. The lowest BCUT2D eigenvalue weighted by molar-refractivity contribution is -0.385. The average Bonchev–Trinajstić information content (AvgIpc) is 2.53. The monoisotopic (exact) mass is 317 g/mol. The number of non-ortho nitro benzene ring substituents is 1. The van der Waals surface area contributed by atoms with Gasteiger partial charge in [0.05, 0.1) is 16.9 Å². The zero-order valence-electron chi connectivity index (χ0n) is 12.0. The Morgan fingerprint density at radius 2 is 1.91 bits per heavy atom. The Morgan fingerprint density at radius 3 is 2.48 bits per heavy atom. The molecule has 0 aliphatic carbocycles. The van der Waals surface area contributed by atoms with Crippen molar-refractivity contribution in [3.05, 3.63) is 81.5 Å². The first kappa shape index (κ1) is 16.6. The number of benzene rings is 2. The summed E-state index contributed by atoms with van der Waals surface area (Å²) in [4.78, 5) is 21.7. The SMILES string of the molecule is NC(=O)[C](C[C@@H](O)c1ccccc1)c1cc([N+](=O)[O-])ccc1F. The van der Waals surface area contributed by atoms with Crippen molar-refractivity contribution < 1.29 is 19.2 Å². The van der Waals surface area contributed by atoms with Crippen molar-refractivity contribution in [1.29, 1.82) is 0 Å². The molecular formula is C16H14FN2O4. The van der Waals surface area contributed by atoms with Crippen molar-refractivity contribution in [3.8, 4) is 0 Å². The number of aliphatic hydroxyl groups excluding tert-OH is 1. The van der Waals surface area contributed by atoms with Gasteiger partial charge < -0.3 is 10.8 Å². The van der Waals surface area contributed by atoms with Gasteiger partial charge in [0.15, 0.2) is 0 Å². The second-order valence-corrected chi connectivity index (χ2v) is 4.89. The van der Waals surface area contributed by atoms with Crippen LogP contribution in [-0.4, -0.2) is 15.9 Å². The van der Waals surface area contributed by atoms with E-state index in [9.17, 15) is 24.4 Å². The van der Waals surface area contributed by atoms with Crippen LogP contribution in [0.4, 0.5) is 10.1 Å². The molecule has 2 rings (SSSR count). The molecule has 2 aromatic carbocycles. The fourth-order valence-electron chi connectivity index (χ4n) is 2.19. The van der Waals surface area contributed by atoms with Crippen LogP contribution in [0.25, 0.3) is 0 Å². The average molecular weight is 317 g/mol. The zero-order valence-corrected chi connectivity index (χ0v) is 12.0. The van der Waals surface area contributed by atoms with Crippen LogP contribution in [0.1, 0.15) is 23.7 Å². The summed E-state index contributed by atoms with van der Waals surface area (Å²) in [6.07, 6.45) is -1.34. The molecule has 0 aliphatic heterocycles. The van der Waals surface area contributed by atoms with Crippen molar-refractivity contribution in [3.63, 3.8) is 0 Å². The molecule has 0 unspecified atom stereocenters. The second-order valence-electron chi connectivity index (χ2n) is 4.89. The van der Waals surface area contributed by atoms with Gasteiger partial charge in [-0.3, -0.25) is 14.9 Å². The molecule has 7 heteroatoms. The molecule has 0 bridgehead atoms. The Bertz CT molecular complexity index is 721. The molecule has 0 aliphatic rings. The van der Waals surface area contributed by atoms with Gasteiger partial charge in [0.1, 0.15) is 5.82 Å². The second kappa shape index (κ2) is 6.97. The maximum absolute atomic E-state index is 14.0. The smallest absolute Gasteiger partial charge is 0.269 e. The number of nitrogens with zero attached hydrogens (tertiary/aromatic N) is 1. The number of nitrogens with two attached hydrogens (primary N) is 1. The van der Waals surface area contributed by atoms with Crippen molar-refractivity contribution in [2.45, 2.75) is 12.5 Å². The predicted octanol–water partition coefficient (Wildman–Crippen LogP) is 2.27. The number of nitro benzene ring substituents is 1. The van der Waals surface area contributed by atoms with Crippen LogP contribution >= 0.6 is 0 Å². The zero-order chi connectivity index (χ0) is 17.0. The third kappa shape index (κ3) is 3.89. The van der Waals surface area contributed by atoms with E-state index in [1.807, 2.05) is 0 Å². The highest BCUT2D eigenvalue weighted by Crippen LogP contribution is 2.31. The van der Waals surface area contributed by atoms with Crippen LogP contribution < -0.4 is 5.73 Å². The standard InChI is InChI=1S/C16H14FN2O4/c17-14-7-6-11(19(22)23)8-12(14)13(16(18)21)9-15(20)10-4-2-1-3-5-10/h1-8,15,20H,9H2,(H2,18,21)/t15-/m1/s1. The molecule has 119 valence electrons. The third-order valence-electron chi connectivity index (χ3n) is 3.37. The van der Waals surface area contributed by atoms with E-state index in [2.05, 4.69) is 0 Å². The highest BCUT2D eigenvalue weighted by molar-refractivity contribution is 5.93. The summed E-state index contributed by atoms with van der Waals surface area (Å²) in [5.74, 6) is -1.97. The maximum atomic E-state index is 14.0. The number of hydrogen-bond donors (Lipinski definition) is 2. The lowest BCUT2D eigenvalue weighted by Crippen LogP contribution is -2.25. The van der Waals surface area contributed by atoms with Crippen LogP contribution in [0, 0.1) is 21.8 Å². The number of carbonyl (C=O) groups is 1. The lowest BCUT2D eigenvalue weighted by Gasteiger charge is -2.18. The van der Waals surface area contributed by atoms with Crippen molar-refractivity contribution in [1.82, 2.24) is 0 Å². The number of nitro groups is 1. The van der Waals surface area contributed by atoms with E-state index < -0.39 is 22.8 Å². The van der Waals surface area contributed by atoms with Crippen LogP contribution in [0.3, 0.4) is 0 Å². The summed E-state index contributed by atoms with van der Waals surface area (Å²) in [6.45, 7) is 0. The van der Waals surface area contributed by atoms with Gasteiger partial charge in [-0.1, -0.05) is 30.3 Å². The molecule has 0 aromatic heterocycles. The van der Waals surface area contributed by atoms with Gasteiger partial charge in [-0.2, -0.15) is 0 Å². The molecule has 0 heterocycles. The first-order valence-electron chi connectivity index (χ1n) is 6.73. The summed E-state index contributed by atoms with van der Waals surface area (Å²) in [5, 5.41) is 21.0. The van der Waals surface area contributed by atoms with Gasteiger partial charge in [0.2, 0.25) is 5.91 Å². The van der Waals surface area contributed by atoms with E-state index in [0.717, 1.165) is 18.2 Å². The summed E-state index contributed by atoms with van der Waals surface area (Å²) < 4.78 is 14.0. The van der Waals surface area contributed by atoms with Gasteiger partial charge in [-0.05, 0) is 18.1 Å². The van der Waals surface area contributed by atoms with Crippen molar-refractivity contribution in [2.24, 2.45) is 5.73 Å². The lowest BCUT2D eigenvalue weighted by atomic mass is 9.89. The van der Waals surface area contributed by atoms with Gasteiger partial charge in [-0.25, -0.2) is 4.39 Å². The summed E-state index contributed by atoms with van der Waals surface area (Å²) in [6, 6.07) is 11.3. The molecular weight excluding hydrogens is 303 g/mol. The third-order valence-corrected chi connectivity index (χ3v) is 3.37. The molecule has 0 saturated carbocycles. The molecule has 0 spiro atoms. The van der Waals surface area contributed by atoms with Crippen LogP contribution in [0.2, 0.25) is 0 Å². The molecule has 6 nitrogen and oxygen atoms in total. The fourth-order valence-corrected chi connectivity index (χ4v) is 2.19. The van der Waals surface area contributed by atoms with E-state index in [1.54, 1.807) is 30.3 Å². The number of primary amides is 1. The van der Waals surface area contributed by atoms with E-state index in [1.165, 1.54) is 0 Å². The number of hydrogen-bond acceptors (Lipinski definition) is 4.